The molecule has 150 valence electrons. The molecule has 6 nitrogen and oxygen atoms in total. The van der Waals surface area contributed by atoms with Crippen molar-refractivity contribution in [2.24, 2.45) is 0 Å². The number of anilines is 1. The van der Waals surface area contributed by atoms with Gasteiger partial charge in [0.2, 0.25) is 0 Å². The number of hydrogen-bond donors (Lipinski definition) is 2. The Bertz CT molecular complexity index is 761. The van der Waals surface area contributed by atoms with Crippen LogP contribution in [-0.4, -0.2) is 49.0 Å². The van der Waals surface area contributed by atoms with Gasteiger partial charge in [-0.3, -0.25) is 4.90 Å². The van der Waals surface area contributed by atoms with E-state index in [-0.39, 0.29) is 18.8 Å². The standard InChI is InChI=1S/C22H28N2O4/c23-19-3-1-2-18(12-19)22-27-20(14-24-8-10-26-11-9-24)13-21(28-22)17-6-4-16(15-25)5-7-17/h1-7,12,20-22,25H,8-11,13-15,23H2. The van der Waals surface area contributed by atoms with E-state index >= 15 is 0 Å². The van der Waals surface area contributed by atoms with E-state index in [0.29, 0.717) is 5.69 Å². The van der Waals surface area contributed by atoms with Crippen LogP contribution in [0.2, 0.25) is 0 Å². The molecule has 6 heteroatoms. The topological polar surface area (TPSA) is 77.2 Å². The third kappa shape index (κ3) is 4.71. The fourth-order valence-corrected chi connectivity index (χ4v) is 3.81. The summed E-state index contributed by atoms with van der Waals surface area (Å²) in [6, 6.07) is 15.6. The highest BCUT2D eigenvalue weighted by Gasteiger charge is 2.33. The second kappa shape index (κ2) is 9.03. The molecule has 2 saturated heterocycles. The molecule has 0 aliphatic carbocycles. The SMILES string of the molecule is Nc1cccc(C2OC(CN3CCOCC3)CC(c3ccc(CO)cc3)O2)c1. The van der Waals surface area contributed by atoms with Gasteiger partial charge >= 0.3 is 0 Å². The number of nitrogen functional groups attached to an aromatic ring is 1. The first kappa shape index (κ1) is 19.4. The lowest BCUT2D eigenvalue weighted by Crippen LogP contribution is -2.44. The maximum atomic E-state index is 9.30. The summed E-state index contributed by atoms with van der Waals surface area (Å²) in [7, 11) is 0. The molecule has 2 fully saturated rings. The van der Waals surface area contributed by atoms with Gasteiger partial charge in [0.15, 0.2) is 6.29 Å². The number of rotatable bonds is 5. The lowest BCUT2D eigenvalue weighted by atomic mass is 9.99. The number of benzene rings is 2. The van der Waals surface area contributed by atoms with Crippen molar-refractivity contribution in [1.82, 2.24) is 4.90 Å². The van der Waals surface area contributed by atoms with Crippen molar-refractivity contribution in [2.75, 3.05) is 38.6 Å². The van der Waals surface area contributed by atoms with Gasteiger partial charge in [-0.1, -0.05) is 36.4 Å². The number of aliphatic hydroxyl groups excluding tert-OH is 1. The fourth-order valence-electron chi connectivity index (χ4n) is 3.81. The normalized spacial score (nSPS) is 26.2. The van der Waals surface area contributed by atoms with E-state index < -0.39 is 6.29 Å². The molecule has 0 amide bonds. The van der Waals surface area contributed by atoms with Crippen LogP contribution in [0.1, 0.15) is 35.5 Å². The molecule has 0 spiro atoms. The Hall–Kier alpha value is -1.96. The van der Waals surface area contributed by atoms with E-state index in [1.54, 1.807) is 0 Å². The highest BCUT2D eigenvalue weighted by atomic mass is 16.7. The summed E-state index contributed by atoms with van der Waals surface area (Å²) < 4.78 is 18.1. The number of morpholine rings is 1. The molecule has 2 aromatic rings. The summed E-state index contributed by atoms with van der Waals surface area (Å²) in [5, 5.41) is 9.30. The van der Waals surface area contributed by atoms with Crippen LogP contribution in [0, 0.1) is 0 Å². The molecular weight excluding hydrogens is 356 g/mol. The fraction of sp³-hybridized carbons (Fsp3) is 0.455. The Labute approximate surface area is 165 Å². The number of aliphatic hydroxyl groups is 1. The molecular formula is C22H28N2O4. The molecule has 0 saturated carbocycles. The lowest BCUT2D eigenvalue weighted by Gasteiger charge is -2.39. The van der Waals surface area contributed by atoms with Crippen molar-refractivity contribution in [3.8, 4) is 0 Å². The predicted octanol–water partition coefficient (Wildman–Crippen LogP) is 2.64. The Balaban J connectivity index is 1.54. The van der Waals surface area contributed by atoms with E-state index in [9.17, 15) is 5.11 Å². The third-order valence-electron chi connectivity index (χ3n) is 5.36. The van der Waals surface area contributed by atoms with E-state index in [4.69, 9.17) is 19.9 Å². The number of ether oxygens (including phenoxy) is 3. The van der Waals surface area contributed by atoms with Gasteiger partial charge in [0.1, 0.15) is 0 Å². The molecule has 28 heavy (non-hydrogen) atoms. The Morgan fingerprint density at radius 1 is 1.00 bits per heavy atom. The summed E-state index contributed by atoms with van der Waals surface area (Å²) >= 11 is 0. The van der Waals surface area contributed by atoms with Crippen LogP contribution in [-0.2, 0) is 20.8 Å². The van der Waals surface area contributed by atoms with Crippen LogP contribution in [0.3, 0.4) is 0 Å². The Kier molecular flexibility index (Phi) is 6.24. The first-order valence-corrected chi connectivity index (χ1v) is 9.87. The first-order valence-electron chi connectivity index (χ1n) is 9.87. The molecule has 2 aliphatic rings. The summed E-state index contributed by atoms with van der Waals surface area (Å²) in [5.41, 5.74) is 9.60. The smallest absolute Gasteiger partial charge is 0.185 e. The molecule has 0 aromatic heterocycles. The highest BCUT2D eigenvalue weighted by Crippen LogP contribution is 2.38. The summed E-state index contributed by atoms with van der Waals surface area (Å²) in [5.74, 6) is 0. The van der Waals surface area contributed by atoms with Crippen LogP contribution < -0.4 is 5.73 Å². The third-order valence-corrected chi connectivity index (χ3v) is 5.36. The number of nitrogens with two attached hydrogens (primary N) is 1. The first-order chi connectivity index (χ1) is 13.7. The van der Waals surface area contributed by atoms with Crippen molar-refractivity contribution >= 4 is 5.69 Å². The van der Waals surface area contributed by atoms with Crippen LogP contribution in [0.5, 0.6) is 0 Å². The van der Waals surface area contributed by atoms with E-state index in [1.165, 1.54) is 0 Å². The van der Waals surface area contributed by atoms with E-state index in [2.05, 4.69) is 4.90 Å². The van der Waals surface area contributed by atoms with Gasteiger partial charge in [0.05, 0.1) is 32.0 Å². The minimum atomic E-state index is -0.453. The zero-order valence-corrected chi connectivity index (χ0v) is 16.0. The van der Waals surface area contributed by atoms with Crippen LogP contribution in [0.15, 0.2) is 48.5 Å². The largest absolute Gasteiger partial charge is 0.399 e. The molecule has 2 heterocycles. The van der Waals surface area contributed by atoms with Crippen LogP contribution in [0.25, 0.3) is 0 Å². The molecule has 0 bridgehead atoms. The van der Waals surface area contributed by atoms with Gasteiger partial charge in [0.25, 0.3) is 0 Å². The zero-order valence-electron chi connectivity index (χ0n) is 16.0. The van der Waals surface area contributed by atoms with Gasteiger partial charge in [0, 0.05) is 37.3 Å². The monoisotopic (exact) mass is 384 g/mol. The van der Waals surface area contributed by atoms with Crippen LogP contribution >= 0.6 is 0 Å². The van der Waals surface area contributed by atoms with E-state index in [0.717, 1.165) is 56.0 Å². The van der Waals surface area contributed by atoms with Gasteiger partial charge in [-0.15, -0.1) is 0 Å². The second-order valence-electron chi connectivity index (χ2n) is 7.43. The maximum absolute atomic E-state index is 9.30. The van der Waals surface area contributed by atoms with Crippen molar-refractivity contribution < 1.29 is 19.3 Å². The van der Waals surface area contributed by atoms with Crippen molar-refractivity contribution in [3.05, 3.63) is 65.2 Å². The molecule has 4 rings (SSSR count). The molecule has 3 unspecified atom stereocenters. The minimum absolute atomic E-state index is 0.0422. The van der Waals surface area contributed by atoms with Gasteiger partial charge in [-0.25, -0.2) is 0 Å². The highest BCUT2D eigenvalue weighted by molar-refractivity contribution is 5.41. The summed E-state index contributed by atoms with van der Waals surface area (Å²) in [6.45, 7) is 4.30. The second-order valence-corrected chi connectivity index (χ2v) is 7.43. The average Bonchev–Trinajstić information content (AvgIpc) is 2.74. The molecule has 3 atom stereocenters. The Morgan fingerprint density at radius 3 is 2.50 bits per heavy atom. The lowest BCUT2D eigenvalue weighted by molar-refractivity contribution is -0.253. The van der Waals surface area contributed by atoms with Gasteiger partial charge in [-0.2, -0.15) is 0 Å². The minimum Gasteiger partial charge on any atom is -0.399 e. The summed E-state index contributed by atoms with van der Waals surface area (Å²) in [4.78, 5) is 2.39. The van der Waals surface area contributed by atoms with E-state index in [1.807, 2.05) is 48.5 Å². The van der Waals surface area contributed by atoms with Gasteiger partial charge in [-0.05, 0) is 23.3 Å². The maximum Gasteiger partial charge on any atom is 0.185 e. The Morgan fingerprint density at radius 2 is 1.79 bits per heavy atom. The molecule has 2 aromatic carbocycles. The zero-order chi connectivity index (χ0) is 19.3. The molecule has 0 radical (unpaired) electrons. The van der Waals surface area contributed by atoms with Crippen molar-refractivity contribution in [1.29, 1.82) is 0 Å². The molecule has 3 N–H and O–H groups in total. The quantitative estimate of drug-likeness (QED) is 0.772. The number of hydrogen-bond acceptors (Lipinski definition) is 6. The predicted molar refractivity (Wildman–Crippen MR) is 107 cm³/mol. The number of nitrogens with zero attached hydrogens (tertiary/aromatic N) is 1. The average molecular weight is 384 g/mol. The van der Waals surface area contributed by atoms with Crippen LogP contribution in [0.4, 0.5) is 5.69 Å². The van der Waals surface area contributed by atoms with Gasteiger partial charge < -0.3 is 25.1 Å². The summed E-state index contributed by atoms with van der Waals surface area (Å²) in [6.07, 6.45) is 0.319. The van der Waals surface area contributed by atoms with Crippen molar-refractivity contribution in [3.63, 3.8) is 0 Å². The van der Waals surface area contributed by atoms with Crippen molar-refractivity contribution in [2.45, 2.75) is 31.5 Å². The molecule has 2 aliphatic heterocycles.